The Balaban J connectivity index is 1.66. The van der Waals surface area contributed by atoms with Crippen molar-refractivity contribution in [2.24, 2.45) is 5.73 Å². The van der Waals surface area contributed by atoms with Crippen molar-refractivity contribution in [3.05, 3.63) is 46.3 Å². The highest BCUT2D eigenvalue weighted by molar-refractivity contribution is 7.46. The summed E-state index contributed by atoms with van der Waals surface area (Å²) in [4.78, 5) is 56.7. The van der Waals surface area contributed by atoms with Gasteiger partial charge in [-0.1, -0.05) is 6.07 Å². The van der Waals surface area contributed by atoms with Gasteiger partial charge in [-0.25, -0.2) is 13.8 Å². The quantitative estimate of drug-likeness (QED) is 0.109. The van der Waals surface area contributed by atoms with E-state index in [4.69, 9.17) is 26.0 Å². The first kappa shape index (κ1) is 32.3. The average Bonchev–Trinajstić information content (AvgIpc) is 3.24. The molecule has 2 amide bonds. The maximum Gasteiger partial charge on any atom is 0.469 e. The lowest BCUT2D eigenvalue weighted by molar-refractivity contribution is -0.126. The molecule has 2 heterocycles. The number of carbonyl (C=O) groups is 2. The van der Waals surface area contributed by atoms with E-state index >= 15 is 0 Å². The SMILES string of the molecule is CC(=O)N[C@@H](CCCCNCc1ccc(F)c(-c2cn([C@H]3C[C@H](O)[C@@H](COP(=O)(O)O)O3)c(=O)nc2N)c1)C(N)=O. The number of nitrogens with zero attached hydrogens (tertiary/aromatic N) is 2. The van der Waals surface area contributed by atoms with Crippen LogP contribution >= 0.6 is 7.82 Å². The molecular formula is C24H34FN6O9P. The lowest BCUT2D eigenvalue weighted by Gasteiger charge is -2.18. The summed E-state index contributed by atoms with van der Waals surface area (Å²) >= 11 is 0. The van der Waals surface area contributed by atoms with Crippen molar-refractivity contribution in [3.63, 3.8) is 0 Å². The Morgan fingerprint density at radius 3 is 2.71 bits per heavy atom. The highest BCUT2D eigenvalue weighted by Gasteiger charge is 2.37. The number of nitrogens with two attached hydrogens (primary N) is 2. The number of carbonyl (C=O) groups excluding carboxylic acids is 2. The van der Waals surface area contributed by atoms with Crippen LogP contribution in [0.1, 0.15) is 44.4 Å². The fraction of sp³-hybridized carbons (Fsp3) is 0.500. The van der Waals surface area contributed by atoms with E-state index in [1.54, 1.807) is 12.1 Å². The number of hydrogen-bond acceptors (Lipinski definition) is 10. The Hall–Kier alpha value is -3.24. The fourth-order valence-corrected chi connectivity index (χ4v) is 4.69. The highest BCUT2D eigenvalue weighted by Crippen LogP contribution is 2.38. The first-order valence-electron chi connectivity index (χ1n) is 12.7. The van der Waals surface area contributed by atoms with Gasteiger partial charge >= 0.3 is 13.5 Å². The van der Waals surface area contributed by atoms with Crippen LogP contribution < -0.4 is 27.8 Å². The summed E-state index contributed by atoms with van der Waals surface area (Å²) in [6.07, 6.45) is -0.528. The van der Waals surface area contributed by atoms with Crippen molar-refractivity contribution in [2.45, 2.75) is 63.6 Å². The predicted octanol–water partition coefficient (Wildman–Crippen LogP) is -0.361. The summed E-state index contributed by atoms with van der Waals surface area (Å²) in [7, 11) is -4.80. The molecule has 17 heteroatoms. The van der Waals surface area contributed by atoms with Gasteiger partial charge in [-0.3, -0.25) is 18.7 Å². The van der Waals surface area contributed by atoms with Gasteiger partial charge in [0.15, 0.2) is 0 Å². The molecule has 0 unspecified atom stereocenters. The largest absolute Gasteiger partial charge is 0.469 e. The second kappa shape index (κ2) is 14.1. The number of halogens is 1. The van der Waals surface area contributed by atoms with E-state index in [1.807, 2.05) is 0 Å². The highest BCUT2D eigenvalue weighted by atomic mass is 31.2. The lowest BCUT2D eigenvalue weighted by Crippen LogP contribution is -2.43. The normalized spacial score (nSPS) is 19.7. The summed E-state index contributed by atoms with van der Waals surface area (Å²) in [5.41, 5.74) is 11.3. The first-order valence-corrected chi connectivity index (χ1v) is 14.3. The minimum Gasteiger partial charge on any atom is -0.390 e. The summed E-state index contributed by atoms with van der Waals surface area (Å²) in [5.74, 6) is -1.78. The van der Waals surface area contributed by atoms with Gasteiger partial charge in [-0.15, -0.1) is 0 Å². The number of ether oxygens (including phenoxy) is 1. The number of rotatable bonds is 14. The van der Waals surface area contributed by atoms with E-state index in [0.717, 1.165) is 4.57 Å². The van der Waals surface area contributed by atoms with E-state index in [2.05, 4.69) is 20.1 Å². The molecule has 0 spiro atoms. The van der Waals surface area contributed by atoms with E-state index in [-0.39, 0.29) is 29.3 Å². The summed E-state index contributed by atoms with van der Waals surface area (Å²) in [5, 5.41) is 15.9. The van der Waals surface area contributed by atoms with E-state index < -0.39 is 56.3 Å². The Kier molecular flexibility index (Phi) is 11.1. The number of nitrogens with one attached hydrogen (secondary N) is 2. The molecule has 1 fully saturated rings. The molecule has 9 N–H and O–H groups in total. The molecule has 0 bridgehead atoms. The van der Waals surface area contributed by atoms with Crippen LogP contribution in [-0.2, 0) is 30.0 Å². The van der Waals surface area contributed by atoms with Gasteiger partial charge in [0, 0.05) is 37.2 Å². The maximum atomic E-state index is 14.9. The number of hydrogen-bond donors (Lipinski definition) is 7. The summed E-state index contributed by atoms with van der Waals surface area (Å²) in [6, 6.07) is 3.64. The van der Waals surface area contributed by atoms with Gasteiger partial charge in [0.2, 0.25) is 11.8 Å². The smallest absolute Gasteiger partial charge is 0.390 e. The zero-order chi connectivity index (χ0) is 30.3. The average molecular weight is 601 g/mol. The number of phosphoric acid groups is 1. The Morgan fingerprint density at radius 1 is 1.32 bits per heavy atom. The molecule has 1 aromatic carbocycles. The van der Waals surface area contributed by atoms with Crippen LogP contribution in [0.4, 0.5) is 10.2 Å². The van der Waals surface area contributed by atoms with Crippen molar-refractivity contribution >= 4 is 25.5 Å². The molecule has 1 saturated heterocycles. The Morgan fingerprint density at radius 2 is 2.05 bits per heavy atom. The molecule has 41 heavy (non-hydrogen) atoms. The van der Waals surface area contributed by atoms with E-state index in [0.29, 0.717) is 37.9 Å². The van der Waals surface area contributed by atoms with Gasteiger partial charge in [0.05, 0.1) is 12.7 Å². The van der Waals surface area contributed by atoms with Gasteiger partial charge in [-0.2, -0.15) is 4.98 Å². The minimum absolute atomic E-state index is 0.0718. The monoisotopic (exact) mass is 600 g/mol. The molecule has 1 aliphatic rings. The molecule has 1 aliphatic heterocycles. The topological polar surface area (TPSA) is 241 Å². The number of benzene rings is 1. The molecule has 0 saturated carbocycles. The lowest BCUT2D eigenvalue weighted by atomic mass is 10.0. The fourth-order valence-electron chi connectivity index (χ4n) is 4.35. The first-order chi connectivity index (χ1) is 19.2. The predicted molar refractivity (Wildman–Crippen MR) is 143 cm³/mol. The third-order valence-corrected chi connectivity index (χ3v) is 6.86. The van der Waals surface area contributed by atoms with Gasteiger partial charge in [0.25, 0.3) is 0 Å². The van der Waals surface area contributed by atoms with Crippen molar-refractivity contribution in [1.29, 1.82) is 0 Å². The number of unbranched alkanes of at least 4 members (excludes halogenated alkanes) is 1. The van der Waals surface area contributed by atoms with Gasteiger partial charge in [-0.05, 0) is 43.5 Å². The number of anilines is 1. The second-order valence-corrected chi connectivity index (χ2v) is 10.8. The molecule has 3 rings (SSSR count). The zero-order valence-electron chi connectivity index (χ0n) is 22.2. The van der Waals surface area contributed by atoms with Crippen molar-refractivity contribution in [1.82, 2.24) is 20.2 Å². The van der Waals surface area contributed by atoms with Gasteiger partial charge < -0.3 is 41.7 Å². The number of nitrogen functional groups attached to an aromatic ring is 1. The van der Waals surface area contributed by atoms with Crippen molar-refractivity contribution in [2.75, 3.05) is 18.9 Å². The van der Waals surface area contributed by atoms with Crippen LogP contribution in [0.3, 0.4) is 0 Å². The molecule has 2 aromatic rings. The summed E-state index contributed by atoms with van der Waals surface area (Å²) in [6.45, 7) is 1.63. The molecule has 4 atom stereocenters. The number of aliphatic hydroxyl groups excluding tert-OH is 1. The number of amides is 2. The van der Waals surface area contributed by atoms with Crippen LogP contribution in [0.5, 0.6) is 0 Å². The van der Waals surface area contributed by atoms with Crippen LogP contribution in [-0.4, -0.2) is 67.7 Å². The van der Waals surface area contributed by atoms with Crippen LogP contribution in [0, 0.1) is 5.82 Å². The molecule has 226 valence electrons. The van der Waals surface area contributed by atoms with E-state index in [9.17, 15) is 28.4 Å². The summed E-state index contributed by atoms with van der Waals surface area (Å²) < 4.78 is 36.8. The number of primary amides is 1. The van der Waals surface area contributed by atoms with Gasteiger partial charge in [0.1, 0.15) is 30.0 Å². The van der Waals surface area contributed by atoms with Crippen molar-refractivity contribution in [3.8, 4) is 11.1 Å². The third-order valence-electron chi connectivity index (χ3n) is 6.37. The van der Waals surface area contributed by atoms with Crippen LogP contribution in [0.25, 0.3) is 11.1 Å². The second-order valence-electron chi connectivity index (χ2n) is 9.59. The van der Waals surface area contributed by atoms with E-state index in [1.165, 1.54) is 19.2 Å². The number of phosphoric ester groups is 1. The Labute approximate surface area is 234 Å². The van der Waals surface area contributed by atoms with Crippen molar-refractivity contribution < 1.29 is 42.7 Å². The zero-order valence-corrected chi connectivity index (χ0v) is 23.1. The molecule has 15 nitrogen and oxygen atoms in total. The third kappa shape index (κ3) is 9.39. The molecule has 0 radical (unpaired) electrons. The Bertz CT molecular complexity index is 1350. The molecule has 1 aromatic heterocycles. The number of aliphatic hydroxyl groups is 1. The molecular weight excluding hydrogens is 566 g/mol. The maximum absolute atomic E-state index is 14.9. The standard InChI is InChI=1S/C24H34FN6O9P/c1-13(32)29-18(23(27)34)4-2-3-7-28-10-14-5-6-17(25)15(8-14)16-11-31(24(35)30-22(16)26)21-9-19(33)20(40-21)12-39-41(36,37)38/h5-6,8,11,18-21,28,33H,2-4,7,9-10,12H2,1H3,(H2,27,34)(H,29,32)(H2,26,30,35)(H2,36,37,38)/t18-,19-,20+,21+/m0/s1. The molecule has 0 aliphatic carbocycles. The van der Waals surface area contributed by atoms with Crippen LogP contribution in [0.15, 0.2) is 29.2 Å². The number of aromatic nitrogens is 2. The van der Waals surface area contributed by atoms with Crippen LogP contribution in [0.2, 0.25) is 0 Å². The minimum atomic E-state index is -4.80.